The summed E-state index contributed by atoms with van der Waals surface area (Å²) in [6.45, 7) is -0.456. The Morgan fingerprint density at radius 2 is 2.06 bits per heavy atom. The Labute approximate surface area is 90.0 Å². The maximum absolute atomic E-state index is 11.1. The lowest BCUT2D eigenvalue weighted by Gasteiger charge is -2.14. The molecule has 0 amide bonds. The molecule has 1 aliphatic rings. The van der Waals surface area contributed by atoms with E-state index < -0.39 is 37.9 Å². The molecule has 1 aromatic rings. The molecule has 9 heteroatoms. The summed E-state index contributed by atoms with van der Waals surface area (Å²) in [6, 6.07) is -0.835. The molecule has 1 aromatic heterocycles. The zero-order valence-electron chi connectivity index (χ0n) is 8.00. The summed E-state index contributed by atoms with van der Waals surface area (Å²) < 4.78 is 12.2. The number of aliphatic hydroxyl groups is 3. The monoisotopic (exact) mass is 250 g/mol. The summed E-state index contributed by atoms with van der Waals surface area (Å²) >= 11 is 0. The first-order valence-corrected chi connectivity index (χ1v) is 6.09. The van der Waals surface area contributed by atoms with Crippen LogP contribution >= 0.6 is 7.60 Å². The third-order valence-corrected chi connectivity index (χ3v) is 3.53. The molecule has 8 nitrogen and oxygen atoms in total. The molecule has 0 spiro atoms. The third-order valence-electron chi connectivity index (χ3n) is 2.63. The Hall–Kier alpha value is -0.760. The normalized spacial score (nSPS) is 29.4. The van der Waals surface area contributed by atoms with Crippen molar-refractivity contribution in [2.75, 3.05) is 6.61 Å². The number of hydrogen-bond acceptors (Lipinski definition) is 5. The highest BCUT2D eigenvalue weighted by atomic mass is 31.2. The molecular weight excluding hydrogens is 239 g/mol. The molecule has 0 aromatic carbocycles. The molecule has 2 rings (SSSR count). The smallest absolute Gasteiger partial charge is 0.376 e. The van der Waals surface area contributed by atoms with Crippen LogP contribution in [0.5, 0.6) is 0 Å². The second-order valence-electron chi connectivity index (χ2n) is 3.59. The zero-order chi connectivity index (χ0) is 12.1. The first-order valence-electron chi connectivity index (χ1n) is 4.47. The van der Waals surface area contributed by atoms with Crippen molar-refractivity contribution >= 4 is 13.0 Å². The highest BCUT2D eigenvalue weighted by molar-refractivity contribution is 7.60. The fourth-order valence-electron chi connectivity index (χ4n) is 1.87. The molecule has 90 valence electrons. The Bertz CT molecular complexity index is 454. The number of fused-ring (bicyclic) bond motifs is 1. The first-order chi connectivity index (χ1) is 7.38. The Balaban J connectivity index is 2.56. The van der Waals surface area contributed by atoms with Gasteiger partial charge >= 0.3 is 7.60 Å². The molecule has 16 heavy (non-hydrogen) atoms. The average Bonchev–Trinajstić information content (AvgIpc) is 2.68. The van der Waals surface area contributed by atoms with E-state index >= 15 is 0 Å². The molecule has 0 bridgehead atoms. The van der Waals surface area contributed by atoms with E-state index in [1.54, 1.807) is 0 Å². The highest BCUT2D eigenvalue weighted by Gasteiger charge is 2.44. The van der Waals surface area contributed by atoms with Gasteiger partial charge in [-0.15, -0.1) is 0 Å². The second-order valence-corrected chi connectivity index (χ2v) is 5.10. The van der Waals surface area contributed by atoms with Crippen LogP contribution in [0.3, 0.4) is 0 Å². The van der Waals surface area contributed by atoms with Crippen molar-refractivity contribution in [2.45, 2.75) is 18.2 Å². The third kappa shape index (κ3) is 1.51. The Morgan fingerprint density at radius 3 is 2.56 bits per heavy atom. The van der Waals surface area contributed by atoms with E-state index in [1.165, 1.54) is 4.57 Å². The second kappa shape index (κ2) is 3.63. The minimum Gasteiger partial charge on any atom is -0.394 e. The van der Waals surface area contributed by atoms with Crippen molar-refractivity contribution in [2.24, 2.45) is 0 Å². The highest BCUT2D eigenvalue weighted by Crippen LogP contribution is 2.41. The van der Waals surface area contributed by atoms with Gasteiger partial charge in [0.2, 0.25) is 0 Å². The topological polar surface area (TPSA) is 136 Å². The lowest BCUT2D eigenvalue weighted by Crippen LogP contribution is -2.24. The Kier molecular flexibility index (Phi) is 2.66. The lowest BCUT2D eigenvalue weighted by molar-refractivity contribution is -0.000807. The van der Waals surface area contributed by atoms with Crippen molar-refractivity contribution in [3.63, 3.8) is 0 Å². The van der Waals surface area contributed by atoms with Crippen molar-refractivity contribution in [1.29, 1.82) is 0 Å². The molecule has 0 radical (unpaired) electrons. The van der Waals surface area contributed by atoms with Gasteiger partial charge in [0, 0.05) is 0 Å². The maximum Gasteiger partial charge on any atom is 0.376 e. The van der Waals surface area contributed by atoms with Crippen molar-refractivity contribution in [3.05, 3.63) is 12.0 Å². The molecule has 1 aliphatic heterocycles. The van der Waals surface area contributed by atoms with Crippen LogP contribution in [0.1, 0.15) is 17.8 Å². The Morgan fingerprint density at radius 1 is 1.44 bits per heavy atom. The quantitative estimate of drug-likeness (QED) is 0.370. The van der Waals surface area contributed by atoms with Gasteiger partial charge in [0.05, 0.1) is 24.7 Å². The molecule has 0 unspecified atom stereocenters. The van der Waals surface area contributed by atoms with Crippen LogP contribution in [-0.2, 0) is 4.57 Å². The van der Waals surface area contributed by atoms with Gasteiger partial charge in [0.1, 0.15) is 12.2 Å². The molecule has 0 saturated carbocycles. The van der Waals surface area contributed by atoms with Crippen LogP contribution in [0.2, 0.25) is 0 Å². The maximum atomic E-state index is 11.1. The molecule has 0 fully saturated rings. The lowest BCUT2D eigenvalue weighted by atomic mass is 10.1. The predicted octanol–water partition coefficient (Wildman–Crippen LogP) is -2.37. The van der Waals surface area contributed by atoms with E-state index in [2.05, 4.69) is 4.98 Å². The number of imidazole rings is 1. The van der Waals surface area contributed by atoms with Crippen LogP contribution in [0, 0.1) is 0 Å². The molecule has 0 saturated heterocycles. The van der Waals surface area contributed by atoms with E-state index in [0.717, 1.165) is 6.33 Å². The number of aromatic nitrogens is 2. The van der Waals surface area contributed by atoms with Gasteiger partial charge in [-0.05, 0) is 0 Å². The summed E-state index contributed by atoms with van der Waals surface area (Å²) in [5, 5.41) is 28.2. The van der Waals surface area contributed by atoms with Crippen molar-refractivity contribution in [1.82, 2.24) is 9.55 Å². The van der Waals surface area contributed by atoms with Crippen molar-refractivity contribution < 1.29 is 29.7 Å². The summed E-state index contributed by atoms with van der Waals surface area (Å²) in [5.74, 6) is 0. The van der Waals surface area contributed by atoms with Gasteiger partial charge in [-0.2, -0.15) is 0 Å². The van der Waals surface area contributed by atoms with Gasteiger partial charge in [-0.1, -0.05) is 0 Å². The van der Waals surface area contributed by atoms with Crippen LogP contribution < -0.4 is 5.44 Å². The molecule has 3 atom stereocenters. The van der Waals surface area contributed by atoms with Crippen LogP contribution in [-0.4, -0.2) is 47.4 Å². The molecule has 0 aliphatic carbocycles. The molecule has 2 heterocycles. The standard InChI is InChI=1S/C7H11N2O6P/c10-1-3-5(11)6(12)4-7(16(13,14)15)8-2-9(3)4/h2-3,5-6,10-12H,1H2,(H2,13,14,15)/t3-,5-,6-/m1/s1. The van der Waals surface area contributed by atoms with E-state index in [1.807, 2.05) is 0 Å². The zero-order valence-corrected chi connectivity index (χ0v) is 8.90. The summed E-state index contributed by atoms with van der Waals surface area (Å²) in [6.07, 6.45) is -1.67. The van der Waals surface area contributed by atoms with Gasteiger partial charge in [0.25, 0.3) is 0 Å². The number of rotatable bonds is 2. The fourth-order valence-corrected chi connectivity index (χ4v) is 2.62. The number of hydrogen-bond donors (Lipinski definition) is 5. The van der Waals surface area contributed by atoms with E-state index in [-0.39, 0.29) is 5.69 Å². The van der Waals surface area contributed by atoms with Crippen LogP contribution in [0.25, 0.3) is 0 Å². The minimum absolute atomic E-state index is 0.139. The first kappa shape index (κ1) is 11.7. The minimum atomic E-state index is -4.60. The van der Waals surface area contributed by atoms with E-state index in [9.17, 15) is 14.8 Å². The summed E-state index contributed by atoms with van der Waals surface area (Å²) in [4.78, 5) is 21.5. The van der Waals surface area contributed by atoms with E-state index in [0.29, 0.717) is 0 Å². The van der Waals surface area contributed by atoms with E-state index in [4.69, 9.17) is 14.9 Å². The SMILES string of the molecule is O=P(O)(O)c1ncn2c1[C@@H](O)[C@H](O)[C@H]2CO. The van der Waals surface area contributed by atoms with Gasteiger partial charge in [-0.25, -0.2) is 4.98 Å². The molecule has 5 N–H and O–H groups in total. The van der Waals surface area contributed by atoms with Gasteiger partial charge in [0.15, 0.2) is 5.44 Å². The van der Waals surface area contributed by atoms with Gasteiger partial charge in [-0.3, -0.25) is 4.57 Å². The summed E-state index contributed by atoms with van der Waals surface area (Å²) in [5.41, 5.74) is -0.699. The molecular formula is C7H11N2O6P. The average molecular weight is 250 g/mol. The van der Waals surface area contributed by atoms with Crippen molar-refractivity contribution in [3.8, 4) is 0 Å². The predicted molar refractivity (Wildman–Crippen MR) is 51.0 cm³/mol. The number of nitrogens with zero attached hydrogens (tertiary/aromatic N) is 2. The van der Waals surface area contributed by atoms with Crippen LogP contribution in [0.4, 0.5) is 0 Å². The number of aliphatic hydroxyl groups excluding tert-OH is 3. The fraction of sp³-hybridized carbons (Fsp3) is 0.571. The largest absolute Gasteiger partial charge is 0.394 e. The van der Waals surface area contributed by atoms with Crippen LogP contribution in [0.15, 0.2) is 6.33 Å². The van der Waals surface area contributed by atoms with Gasteiger partial charge < -0.3 is 29.7 Å². The summed E-state index contributed by atoms with van der Waals surface area (Å²) in [7, 11) is -4.60.